The van der Waals surface area contributed by atoms with Crippen molar-refractivity contribution in [2.75, 3.05) is 12.4 Å². The second-order valence-electron chi connectivity index (χ2n) is 7.30. The van der Waals surface area contributed by atoms with Gasteiger partial charge in [0.15, 0.2) is 17.3 Å². The van der Waals surface area contributed by atoms with E-state index in [9.17, 15) is 14.0 Å². The number of halogens is 1. The van der Waals surface area contributed by atoms with Gasteiger partial charge in [-0.05, 0) is 49.2 Å². The van der Waals surface area contributed by atoms with Crippen LogP contribution >= 0.6 is 0 Å². The van der Waals surface area contributed by atoms with Crippen LogP contribution in [0.4, 0.5) is 10.2 Å². The first-order valence-electron chi connectivity index (χ1n) is 9.79. The molecule has 154 valence electrons. The van der Waals surface area contributed by atoms with Crippen LogP contribution in [0.15, 0.2) is 42.5 Å². The van der Waals surface area contributed by atoms with Gasteiger partial charge in [0.2, 0.25) is 5.91 Å². The molecule has 1 amide bonds. The van der Waals surface area contributed by atoms with Gasteiger partial charge in [0.25, 0.3) is 0 Å². The van der Waals surface area contributed by atoms with E-state index >= 15 is 0 Å². The van der Waals surface area contributed by atoms with Gasteiger partial charge in [-0.15, -0.1) is 0 Å². The first-order chi connectivity index (χ1) is 14.4. The third kappa shape index (κ3) is 3.36. The highest BCUT2D eigenvalue weighted by atomic mass is 19.1. The third-order valence-electron chi connectivity index (χ3n) is 5.44. The summed E-state index contributed by atoms with van der Waals surface area (Å²) in [6.07, 6.45) is 0.928. The molecule has 1 aliphatic heterocycles. The molecule has 0 spiro atoms. The quantitative estimate of drug-likeness (QED) is 0.644. The van der Waals surface area contributed by atoms with Crippen LogP contribution in [0, 0.1) is 12.7 Å². The summed E-state index contributed by atoms with van der Waals surface area (Å²) < 4.78 is 20.4. The van der Waals surface area contributed by atoms with Crippen LogP contribution in [0.1, 0.15) is 46.4 Å². The number of aryl methyl sites for hydroxylation is 2. The van der Waals surface area contributed by atoms with Gasteiger partial charge in [0, 0.05) is 17.5 Å². The molecular weight excluding hydrogens is 385 g/mol. The molecule has 4 rings (SSSR count). The minimum atomic E-state index is -0.701. The number of ether oxygens (including phenoxy) is 1. The molecule has 1 N–H and O–H groups in total. The molecule has 1 atom stereocenters. The van der Waals surface area contributed by atoms with Crippen LogP contribution in [0.3, 0.4) is 0 Å². The van der Waals surface area contributed by atoms with Crippen molar-refractivity contribution < 1.29 is 18.7 Å². The predicted molar refractivity (Wildman–Crippen MR) is 111 cm³/mol. The van der Waals surface area contributed by atoms with Gasteiger partial charge in [0.05, 0.1) is 24.4 Å². The number of nitrogens with zero attached hydrogens (tertiary/aromatic N) is 2. The molecule has 1 aromatic heterocycles. The Balaban J connectivity index is 1.78. The summed E-state index contributed by atoms with van der Waals surface area (Å²) in [4.78, 5) is 25.7. The first kappa shape index (κ1) is 19.8. The summed E-state index contributed by atoms with van der Waals surface area (Å²) >= 11 is 0. The Morgan fingerprint density at radius 2 is 2.00 bits per heavy atom. The molecular formula is C23H22FN3O3. The largest absolute Gasteiger partial charge is 0.494 e. The molecule has 7 heteroatoms. The number of benzene rings is 2. The van der Waals surface area contributed by atoms with Crippen LogP contribution in [0.25, 0.3) is 5.69 Å². The Labute approximate surface area is 173 Å². The van der Waals surface area contributed by atoms with E-state index in [0.717, 1.165) is 12.1 Å². The number of Topliss-reactive ketones (excluding diaryl/α,β-unsaturated/α-hetero) is 1. The lowest BCUT2D eigenvalue weighted by molar-refractivity contribution is -0.116. The van der Waals surface area contributed by atoms with Crippen molar-refractivity contribution in [2.24, 2.45) is 0 Å². The van der Waals surface area contributed by atoms with E-state index in [0.29, 0.717) is 22.6 Å². The number of rotatable bonds is 5. The number of nitrogens with one attached hydrogen (secondary N) is 1. The van der Waals surface area contributed by atoms with Crippen LogP contribution in [-0.4, -0.2) is 28.6 Å². The maximum atomic E-state index is 13.8. The zero-order valence-electron chi connectivity index (χ0n) is 17.0. The average molecular weight is 407 g/mol. The number of anilines is 1. The van der Waals surface area contributed by atoms with Crippen molar-refractivity contribution in [3.63, 3.8) is 0 Å². The van der Waals surface area contributed by atoms with Crippen molar-refractivity contribution in [2.45, 2.75) is 32.6 Å². The molecule has 0 saturated carbocycles. The maximum Gasteiger partial charge on any atom is 0.226 e. The summed E-state index contributed by atoms with van der Waals surface area (Å²) in [6.45, 7) is 3.90. The Morgan fingerprint density at radius 3 is 2.67 bits per heavy atom. The SMILES string of the molecule is CCc1ccc(-n2nc(C)c3c2NC(=O)C[C@@H]3C(=O)c2ccc(F)c(OC)c2)cc1. The van der Waals surface area contributed by atoms with E-state index < -0.39 is 11.7 Å². The summed E-state index contributed by atoms with van der Waals surface area (Å²) in [5.74, 6) is -1.29. The van der Waals surface area contributed by atoms with Gasteiger partial charge in [0.1, 0.15) is 5.82 Å². The molecule has 0 fully saturated rings. The monoisotopic (exact) mass is 407 g/mol. The summed E-state index contributed by atoms with van der Waals surface area (Å²) in [5, 5.41) is 7.46. The van der Waals surface area contributed by atoms with Gasteiger partial charge in [-0.3, -0.25) is 9.59 Å². The number of fused-ring (bicyclic) bond motifs is 1. The fourth-order valence-electron chi connectivity index (χ4n) is 3.85. The molecule has 3 aromatic rings. The molecule has 0 bridgehead atoms. The second kappa shape index (κ2) is 7.74. The smallest absolute Gasteiger partial charge is 0.226 e. The van der Waals surface area contributed by atoms with E-state index in [1.807, 2.05) is 31.2 Å². The van der Waals surface area contributed by atoms with E-state index in [1.54, 1.807) is 4.68 Å². The van der Waals surface area contributed by atoms with Crippen LogP contribution in [-0.2, 0) is 11.2 Å². The lowest BCUT2D eigenvalue weighted by Gasteiger charge is -2.23. The number of aromatic nitrogens is 2. The molecule has 2 heterocycles. The van der Waals surface area contributed by atoms with Crippen molar-refractivity contribution in [1.82, 2.24) is 9.78 Å². The number of amides is 1. The summed E-state index contributed by atoms with van der Waals surface area (Å²) in [6, 6.07) is 11.9. The number of carbonyl (C=O) groups is 2. The fourth-order valence-corrected chi connectivity index (χ4v) is 3.85. The first-order valence-corrected chi connectivity index (χ1v) is 9.79. The molecule has 30 heavy (non-hydrogen) atoms. The van der Waals surface area contributed by atoms with Gasteiger partial charge in [-0.1, -0.05) is 19.1 Å². The highest BCUT2D eigenvalue weighted by molar-refractivity contribution is 6.08. The average Bonchev–Trinajstić information content (AvgIpc) is 3.09. The van der Waals surface area contributed by atoms with Crippen LogP contribution < -0.4 is 10.1 Å². The Hall–Kier alpha value is -3.48. The normalized spacial score (nSPS) is 15.5. The highest BCUT2D eigenvalue weighted by Crippen LogP contribution is 2.38. The third-order valence-corrected chi connectivity index (χ3v) is 5.44. The minimum Gasteiger partial charge on any atom is -0.494 e. The fraction of sp³-hybridized carbons (Fsp3) is 0.261. The molecule has 0 aliphatic carbocycles. The Kier molecular flexibility index (Phi) is 5.11. The summed E-state index contributed by atoms with van der Waals surface area (Å²) in [7, 11) is 1.34. The molecule has 2 aromatic carbocycles. The van der Waals surface area contributed by atoms with Gasteiger partial charge >= 0.3 is 0 Å². The number of hydrogen-bond acceptors (Lipinski definition) is 4. The maximum absolute atomic E-state index is 13.8. The standard InChI is InChI=1S/C23H22FN3O3/c1-4-14-5-8-16(9-6-14)27-23-21(13(2)26-27)17(12-20(28)25-23)22(29)15-7-10-18(24)19(11-15)30-3/h5-11,17H,4,12H2,1-3H3,(H,25,28)/t17-/m0/s1. The van der Waals surface area contributed by atoms with Gasteiger partial charge in [-0.25, -0.2) is 9.07 Å². The zero-order valence-corrected chi connectivity index (χ0v) is 17.0. The Bertz CT molecular complexity index is 1140. The Morgan fingerprint density at radius 1 is 1.27 bits per heavy atom. The van der Waals surface area contributed by atoms with Crippen molar-refractivity contribution in [3.8, 4) is 11.4 Å². The molecule has 0 unspecified atom stereocenters. The lowest BCUT2D eigenvalue weighted by atomic mass is 9.85. The predicted octanol–water partition coefficient (Wildman–Crippen LogP) is 4.20. The lowest BCUT2D eigenvalue weighted by Crippen LogP contribution is -2.28. The second-order valence-corrected chi connectivity index (χ2v) is 7.30. The number of ketones is 1. The highest BCUT2D eigenvalue weighted by Gasteiger charge is 2.36. The van der Waals surface area contributed by atoms with Crippen LogP contribution in [0.2, 0.25) is 0 Å². The van der Waals surface area contributed by atoms with E-state index in [2.05, 4.69) is 17.3 Å². The van der Waals surface area contributed by atoms with E-state index in [1.165, 1.54) is 30.9 Å². The number of methoxy groups -OCH3 is 1. The zero-order chi connectivity index (χ0) is 21.4. The van der Waals surface area contributed by atoms with Crippen molar-refractivity contribution in [3.05, 3.63) is 70.7 Å². The van der Waals surface area contributed by atoms with Crippen LogP contribution in [0.5, 0.6) is 5.75 Å². The van der Waals surface area contributed by atoms with Crippen molar-refractivity contribution in [1.29, 1.82) is 0 Å². The summed E-state index contributed by atoms with van der Waals surface area (Å²) in [5.41, 5.74) is 3.63. The van der Waals surface area contributed by atoms with E-state index in [4.69, 9.17) is 4.74 Å². The minimum absolute atomic E-state index is 0.00678. The number of carbonyl (C=O) groups excluding carboxylic acids is 2. The van der Waals surface area contributed by atoms with E-state index in [-0.39, 0.29) is 23.9 Å². The molecule has 0 saturated heterocycles. The van der Waals surface area contributed by atoms with Gasteiger partial charge < -0.3 is 10.1 Å². The molecule has 0 radical (unpaired) electrons. The molecule has 1 aliphatic rings. The van der Waals surface area contributed by atoms with Gasteiger partial charge in [-0.2, -0.15) is 5.10 Å². The molecule has 6 nitrogen and oxygen atoms in total. The topological polar surface area (TPSA) is 73.2 Å². The number of hydrogen-bond donors (Lipinski definition) is 1. The van der Waals surface area contributed by atoms with Crippen molar-refractivity contribution >= 4 is 17.5 Å².